The lowest BCUT2D eigenvalue weighted by Gasteiger charge is -2.34. The summed E-state index contributed by atoms with van der Waals surface area (Å²) in [7, 11) is -67.5. The van der Waals surface area contributed by atoms with Gasteiger partial charge in [-0.15, -0.1) is 69.6 Å². The lowest BCUT2D eigenvalue weighted by atomic mass is 9.99. The lowest BCUT2D eigenvalue weighted by Crippen LogP contribution is -2.48. The molecule has 24 atom stereocenters. The topological polar surface area (TPSA) is 905 Å². The van der Waals surface area contributed by atoms with Crippen molar-refractivity contribution in [3.8, 4) is 0 Å². The minimum absolute atomic E-state index is 0.0189. The zero-order chi connectivity index (χ0) is 95.3. The van der Waals surface area contributed by atoms with E-state index in [1.165, 1.54) is 51.7 Å². The molecule has 26 N–H and O–H groups in total. The number of halogens is 8. The Morgan fingerprint density at radius 2 is 0.589 bits per heavy atom. The summed E-state index contributed by atoms with van der Waals surface area (Å²) in [4.78, 5) is 178. The van der Waals surface area contributed by atoms with E-state index in [2.05, 4.69) is 99.5 Å². The van der Waals surface area contributed by atoms with Gasteiger partial charge in [-0.3, -0.25) is 27.7 Å². The first-order valence-electron chi connectivity index (χ1n) is 31.3. The van der Waals surface area contributed by atoms with E-state index >= 15 is 0 Å². The molecule has 80 heteroatoms. The first-order chi connectivity index (χ1) is 56.0. The molecular formula is C44H70Cl6F2N10O50P12. The average Bonchev–Trinajstić information content (AvgIpc) is 1.63. The van der Waals surface area contributed by atoms with E-state index in [1.807, 2.05) is 0 Å². The normalized spacial score (nSPS) is 33.1. The van der Waals surface area contributed by atoms with Gasteiger partial charge in [0.25, 0.3) is 11.8 Å². The SMILES string of the molecule is C=C1N=C(N)C=CN1[C@@H]1O[C@](CCl)(COP(=O)(O)OP(=O)(O)OP(=O)(O)O)[C@@H](O)[C@H]1Cl.C=C1N=C(N)C=CN1[C@@H]1O[C@](CF)(COP(=O)(O)OP(=O)(O)OP(=O)(O)O)[C@@H](O)[C@H]1Cl.C=C1NC(=O)C=CN1[C@@H]1O[C@](CCl)(COP(=O)(O)OP(=O)(O)OP(=O)(O)O)[C@@H](O)[C@H]1Cl.C=C1NC(=O)C=CN1[C@@H]1O[C@](CF)(COP(=O)(O)OP(=O)(O)OP(=O)(O)O)[C@@H](O)[C@H]1Cl. The third-order valence-corrected chi connectivity index (χ3v) is 33.1. The van der Waals surface area contributed by atoms with Crippen LogP contribution in [0.3, 0.4) is 0 Å². The molecule has 0 spiro atoms. The van der Waals surface area contributed by atoms with Gasteiger partial charge >= 0.3 is 93.9 Å². The Hall–Kier alpha value is -2.08. The molecule has 8 aliphatic heterocycles. The molecule has 2 amide bonds. The summed E-state index contributed by atoms with van der Waals surface area (Å²) in [5.41, 5.74) is 2.42. The number of amidine groups is 2. The van der Waals surface area contributed by atoms with E-state index in [9.17, 15) is 123 Å². The predicted octanol–water partition coefficient (Wildman–Crippen LogP) is 0.138. The molecule has 0 aromatic rings. The fraction of sp³-hybridized carbons (Fsp3) is 0.545. The summed E-state index contributed by atoms with van der Waals surface area (Å²) in [5.74, 6) is -1.79. The van der Waals surface area contributed by atoms with Crippen molar-refractivity contribution >= 4 is 187 Å². The van der Waals surface area contributed by atoms with Crippen LogP contribution in [0.1, 0.15) is 0 Å². The number of amides is 2. The Bertz CT molecular complexity index is 4550. The van der Waals surface area contributed by atoms with Gasteiger partial charge in [0.1, 0.15) is 105 Å². The first-order valence-corrected chi connectivity index (χ1v) is 52.2. The number of hydrogen-bond acceptors (Lipinski definition) is 42. The average molecular weight is 2160 g/mol. The van der Waals surface area contributed by atoms with Crippen molar-refractivity contribution in [2.75, 3.05) is 51.5 Å². The van der Waals surface area contributed by atoms with Crippen LogP contribution in [0.5, 0.6) is 0 Å². The summed E-state index contributed by atoms with van der Waals surface area (Å²) in [5, 5.41) is 41.2. The van der Waals surface area contributed by atoms with Crippen LogP contribution in [-0.4, -0.2) is 287 Å². The number of rotatable bonds is 36. The maximum atomic E-state index is 13.8. The van der Waals surface area contributed by atoms with Crippen molar-refractivity contribution < 1.29 is 243 Å². The zero-order valence-corrected chi connectivity index (χ0v) is 75.7. The zero-order valence-electron chi connectivity index (χ0n) is 60.5. The monoisotopic (exact) mass is 2160 g/mol. The molecule has 0 bridgehead atoms. The molecule has 60 nitrogen and oxygen atoms in total. The van der Waals surface area contributed by atoms with Crippen LogP contribution in [0.25, 0.3) is 0 Å². The number of hydrogen-bond donors (Lipinski definition) is 24. The molecule has 0 aliphatic carbocycles. The summed E-state index contributed by atoms with van der Waals surface area (Å²) < 4.78 is 232. The van der Waals surface area contributed by atoms with E-state index in [0.717, 1.165) is 17.1 Å². The number of carbonyl (C=O) groups is 2. The second kappa shape index (κ2) is 42.7. The fourth-order valence-corrected chi connectivity index (χ4v) is 24.6. The van der Waals surface area contributed by atoms with E-state index in [4.69, 9.17) is 149 Å². The van der Waals surface area contributed by atoms with Crippen molar-refractivity contribution in [1.29, 1.82) is 0 Å². The number of aliphatic hydroxyl groups excluding tert-OH is 4. The van der Waals surface area contributed by atoms with Crippen molar-refractivity contribution in [2.45, 2.75) is 93.2 Å². The first kappa shape index (κ1) is 112. The predicted molar refractivity (Wildman–Crippen MR) is 406 cm³/mol. The van der Waals surface area contributed by atoms with Crippen molar-refractivity contribution in [2.24, 2.45) is 21.5 Å². The van der Waals surface area contributed by atoms with Gasteiger partial charge in [0, 0.05) is 37.0 Å². The smallest absolute Gasteiger partial charge is 0.388 e. The molecule has 8 rings (SSSR count). The van der Waals surface area contributed by atoms with Crippen LogP contribution >= 0.6 is 163 Å². The number of ether oxygens (including phenoxy) is 4. The summed E-state index contributed by atoms with van der Waals surface area (Å²) in [6.07, 6.45) is -1.90. The Kier molecular flexibility index (Phi) is 38.7. The van der Waals surface area contributed by atoms with Gasteiger partial charge < -0.3 is 159 Å². The molecule has 8 unspecified atom stereocenters. The third kappa shape index (κ3) is 32.1. The number of aliphatic hydroxyl groups is 4. The van der Waals surface area contributed by atoms with E-state index in [1.54, 1.807) is 0 Å². The maximum Gasteiger partial charge on any atom is 0.490 e. The number of nitrogens with zero attached hydrogens (tertiary/aromatic N) is 6. The molecule has 0 aromatic heterocycles. The van der Waals surface area contributed by atoms with E-state index in [0.29, 0.717) is 0 Å². The van der Waals surface area contributed by atoms with Gasteiger partial charge in [0.05, 0.1) is 38.2 Å². The highest BCUT2D eigenvalue weighted by atomic mass is 35.5. The van der Waals surface area contributed by atoms with Crippen LogP contribution in [0.4, 0.5) is 8.78 Å². The van der Waals surface area contributed by atoms with Crippen LogP contribution in [-0.2, 0) is 136 Å². The number of nitrogens with one attached hydrogen (secondary N) is 2. The van der Waals surface area contributed by atoms with Gasteiger partial charge in [0.15, 0.2) is 36.1 Å². The van der Waals surface area contributed by atoms with Crippen molar-refractivity contribution in [1.82, 2.24) is 30.2 Å². The maximum absolute atomic E-state index is 13.8. The number of phosphoric ester groups is 4. The standard InChI is InChI=1S/C11H18Cl2N3O12P3.C11H17Cl2N2O13P3.C11H18ClFN3O12P3.C11H17ClFN2O13P3/c1-6-15-7(14)2-3-16(6)10-8(13)9(17)11(4-12,26-10)5-25-30(21,22)28-31(23,24)27-29(18,19)20;1-6-14-7(16)2-3-15(6)10-8(13)9(17)11(4-12,26-10)5-25-30(21,22)28-31(23,24)27-29(18,19)20;1-6-15-7(14)2-3-16(6)10-8(12)9(17)11(4-13,26-10)5-25-30(21,22)28-31(23,24)27-29(18,19)20;1-6-14-7(16)2-3-15(6)10-8(12)9(17)11(4-13,26-10)5-25-30(21,22)28-31(23,24)27-29(18,19)20/h2-3,8-10,17H,1,4-5H2,(H2,14,15)(H,21,22)(H,23,24)(H2,18,19,20);2-3,8-10,17H,1,4-5H2,(H,14,16)(H,21,22)(H,23,24)(H2,18,19,20);2-3,8-10,17H,1,4-5H2,(H2,14,15)(H,21,22)(H,23,24)(H2,18,19,20);2-3,8-10,17H,1,4-5H2,(H,14,16)(H,21,22)(H,23,24)(H2,18,19,20)/t4*8-,9+,10-,11-/m1111/s1. The minimum atomic E-state index is -5.80. The Balaban J connectivity index is 0.000000294. The number of phosphoric acid groups is 12. The van der Waals surface area contributed by atoms with Gasteiger partial charge in [-0.05, 0) is 12.2 Å². The molecule has 8 aliphatic rings. The molecule has 8 heterocycles. The fourth-order valence-electron chi connectivity index (χ4n) is 10.1. The van der Waals surface area contributed by atoms with Crippen molar-refractivity contribution in [3.05, 3.63) is 98.7 Å². The Morgan fingerprint density at radius 1 is 0.379 bits per heavy atom. The Labute approximate surface area is 721 Å². The second-order valence-corrected chi connectivity index (χ2v) is 44.7. The van der Waals surface area contributed by atoms with Crippen LogP contribution in [0.2, 0.25) is 0 Å². The highest BCUT2D eigenvalue weighted by Gasteiger charge is 2.62. The van der Waals surface area contributed by atoms with Crippen LogP contribution in [0, 0.1) is 0 Å². The molecule has 0 aromatic carbocycles. The third-order valence-electron chi connectivity index (χ3n) is 15.3. The van der Waals surface area contributed by atoms with Gasteiger partial charge in [-0.2, -0.15) is 34.5 Å². The largest absolute Gasteiger partial charge is 0.490 e. The number of aliphatic imine (C=N–C) groups is 2. The van der Waals surface area contributed by atoms with Crippen LogP contribution < -0.4 is 22.1 Å². The van der Waals surface area contributed by atoms with Crippen LogP contribution in [0.15, 0.2) is 109 Å². The summed E-state index contributed by atoms with van der Waals surface area (Å²) in [6.45, 7) is 6.78. The van der Waals surface area contributed by atoms with Gasteiger partial charge in [0.2, 0.25) is 0 Å². The molecule has 0 saturated carbocycles. The molecule has 0 radical (unpaired) electrons. The highest BCUT2D eigenvalue weighted by molar-refractivity contribution is 7.68. The quantitative estimate of drug-likeness (QED) is 0.0293. The number of carbonyl (C=O) groups excluding carboxylic acids is 2. The minimum Gasteiger partial charge on any atom is -0.388 e. The summed E-state index contributed by atoms with van der Waals surface area (Å²) >= 11 is 36.3. The molecule has 712 valence electrons. The molecular weight excluding hydrogens is 2090 g/mol. The second-order valence-electron chi connectivity index (χ2n) is 24.5. The molecule has 4 fully saturated rings. The molecule has 124 heavy (non-hydrogen) atoms. The van der Waals surface area contributed by atoms with E-state index < -0.39 is 250 Å². The Morgan fingerprint density at radius 3 is 0.798 bits per heavy atom. The van der Waals surface area contributed by atoms with E-state index in [-0.39, 0.29) is 35.0 Å². The summed E-state index contributed by atoms with van der Waals surface area (Å²) in [6, 6.07) is 0. The van der Waals surface area contributed by atoms with Gasteiger partial charge in [-0.1, -0.05) is 26.3 Å². The lowest BCUT2D eigenvalue weighted by molar-refractivity contribution is -0.142. The van der Waals surface area contributed by atoms with Crippen molar-refractivity contribution in [3.63, 3.8) is 0 Å². The molecule has 4 saturated heterocycles. The van der Waals surface area contributed by atoms with Gasteiger partial charge in [-0.25, -0.2) is 73.5 Å². The number of alkyl halides is 8. The number of nitrogens with two attached hydrogens (primary N) is 2. The highest BCUT2D eigenvalue weighted by Crippen LogP contribution is 2.70.